The minimum atomic E-state index is 0.134. The van der Waals surface area contributed by atoms with Crippen LogP contribution in [-0.2, 0) is 6.42 Å². The number of unbranched alkanes of at least 4 members (excludes halogenated alkanes) is 3. The van der Waals surface area contributed by atoms with E-state index in [4.69, 9.17) is 0 Å². The molecule has 0 N–H and O–H groups in total. The van der Waals surface area contributed by atoms with Gasteiger partial charge in [-0.15, -0.1) is 0 Å². The van der Waals surface area contributed by atoms with Crippen molar-refractivity contribution in [2.45, 2.75) is 46.0 Å². The van der Waals surface area contributed by atoms with Crippen molar-refractivity contribution < 1.29 is 0 Å². The molecule has 1 aromatic carbocycles. The normalized spacial score (nSPS) is 10.3. The summed E-state index contributed by atoms with van der Waals surface area (Å²) in [5.41, 5.74) is 2.24. The molecule has 0 radical (unpaired) electrons. The number of hydrogen-bond acceptors (Lipinski definition) is 1. The van der Waals surface area contributed by atoms with Crippen molar-refractivity contribution in [1.29, 1.82) is 0 Å². The Balaban J connectivity index is 2.56. The van der Waals surface area contributed by atoms with E-state index in [-0.39, 0.29) is 5.43 Å². The van der Waals surface area contributed by atoms with Gasteiger partial charge in [0.05, 0.1) is 0 Å². The molecular formula is C14H20O. The fourth-order valence-electron chi connectivity index (χ4n) is 1.61. The Morgan fingerprint density at radius 1 is 1.00 bits per heavy atom. The zero-order chi connectivity index (χ0) is 11.1. The molecule has 0 aliphatic rings. The second kappa shape index (κ2) is 6.39. The first kappa shape index (κ1) is 12.0. The van der Waals surface area contributed by atoms with Gasteiger partial charge in [-0.1, -0.05) is 44.4 Å². The van der Waals surface area contributed by atoms with Crippen molar-refractivity contribution >= 4 is 0 Å². The zero-order valence-electron chi connectivity index (χ0n) is 9.75. The lowest BCUT2D eigenvalue weighted by Crippen LogP contribution is -1.96. The van der Waals surface area contributed by atoms with Crippen LogP contribution < -0.4 is 5.43 Å². The molecule has 0 fully saturated rings. The molecule has 0 saturated heterocycles. The molecule has 0 unspecified atom stereocenters. The molecule has 1 nitrogen and oxygen atoms in total. The van der Waals surface area contributed by atoms with Crippen molar-refractivity contribution in [1.82, 2.24) is 0 Å². The monoisotopic (exact) mass is 204 g/mol. The van der Waals surface area contributed by atoms with Crippen LogP contribution in [0.1, 0.15) is 43.7 Å². The van der Waals surface area contributed by atoms with E-state index in [0.29, 0.717) is 0 Å². The van der Waals surface area contributed by atoms with Crippen molar-refractivity contribution in [3.8, 4) is 0 Å². The van der Waals surface area contributed by atoms with E-state index in [1.54, 1.807) is 6.07 Å². The van der Waals surface area contributed by atoms with Gasteiger partial charge in [0.2, 0.25) is 0 Å². The molecule has 0 heterocycles. The molecule has 1 heteroatoms. The molecule has 0 amide bonds. The Morgan fingerprint density at radius 2 is 1.73 bits per heavy atom. The van der Waals surface area contributed by atoms with Gasteiger partial charge >= 0.3 is 0 Å². The maximum atomic E-state index is 11.3. The van der Waals surface area contributed by atoms with E-state index in [0.717, 1.165) is 12.0 Å². The lowest BCUT2D eigenvalue weighted by atomic mass is 10.1. The van der Waals surface area contributed by atoms with E-state index >= 15 is 0 Å². The fraction of sp³-hybridized carbons (Fsp3) is 0.500. The highest BCUT2D eigenvalue weighted by Crippen LogP contribution is 2.06. The molecule has 0 atom stereocenters. The number of hydrogen-bond donors (Lipinski definition) is 0. The summed E-state index contributed by atoms with van der Waals surface area (Å²) in [6, 6.07) is 7.64. The summed E-state index contributed by atoms with van der Waals surface area (Å²) in [4.78, 5) is 11.3. The second-order valence-corrected chi connectivity index (χ2v) is 4.10. The van der Waals surface area contributed by atoms with Gasteiger partial charge in [-0.25, -0.2) is 0 Å². The quantitative estimate of drug-likeness (QED) is 0.671. The molecule has 1 rings (SSSR count). The maximum Gasteiger partial charge on any atom is 0.181 e. The van der Waals surface area contributed by atoms with Gasteiger partial charge in [-0.05, 0) is 37.0 Å². The van der Waals surface area contributed by atoms with Crippen molar-refractivity contribution in [2.75, 3.05) is 0 Å². The number of rotatable bonds is 5. The van der Waals surface area contributed by atoms with Crippen LogP contribution in [0, 0.1) is 6.92 Å². The SMILES string of the molecule is CCCCCCc1ccc(C)c(=O)cc1. The topological polar surface area (TPSA) is 17.1 Å². The minimum absolute atomic E-state index is 0.134. The average Bonchev–Trinajstić information content (AvgIpc) is 2.39. The molecule has 0 bridgehead atoms. The summed E-state index contributed by atoms with van der Waals surface area (Å²) in [6.07, 6.45) is 6.19. The molecule has 1 aromatic rings. The van der Waals surface area contributed by atoms with Crippen molar-refractivity contribution in [2.24, 2.45) is 0 Å². The third kappa shape index (κ3) is 4.28. The summed E-state index contributed by atoms with van der Waals surface area (Å²) < 4.78 is 0. The minimum Gasteiger partial charge on any atom is -0.290 e. The van der Waals surface area contributed by atoms with Gasteiger partial charge in [0.25, 0.3) is 0 Å². The Bertz CT molecular complexity index is 355. The van der Waals surface area contributed by atoms with E-state index in [2.05, 4.69) is 13.0 Å². The van der Waals surface area contributed by atoms with Crippen molar-refractivity contribution in [3.05, 3.63) is 45.6 Å². The molecule has 15 heavy (non-hydrogen) atoms. The lowest BCUT2D eigenvalue weighted by Gasteiger charge is -1.97. The van der Waals surface area contributed by atoms with Gasteiger partial charge in [-0.2, -0.15) is 0 Å². The summed E-state index contributed by atoms with van der Waals surface area (Å²) in [6.45, 7) is 4.08. The summed E-state index contributed by atoms with van der Waals surface area (Å²) >= 11 is 0. The van der Waals surface area contributed by atoms with E-state index in [1.807, 2.05) is 19.1 Å². The Labute approximate surface area is 92.2 Å². The molecular weight excluding hydrogens is 184 g/mol. The predicted octanol–water partition coefficient (Wildman–Crippen LogP) is 3.48. The van der Waals surface area contributed by atoms with Crippen LogP contribution in [0.25, 0.3) is 0 Å². The largest absolute Gasteiger partial charge is 0.290 e. The first-order chi connectivity index (χ1) is 7.24. The third-order valence-corrected chi connectivity index (χ3v) is 2.70. The standard InChI is InChI=1S/C14H20O/c1-3-4-5-6-7-13-9-8-12(2)14(15)11-10-13/h8-11H,3-7H2,1-2H3. The predicted molar refractivity (Wildman–Crippen MR) is 65.3 cm³/mol. The summed E-state index contributed by atoms with van der Waals surface area (Å²) in [5.74, 6) is 0. The molecule has 0 aliphatic heterocycles. The molecule has 82 valence electrons. The zero-order valence-corrected chi connectivity index (χ0v) is 9.75. The first-order valence-corrected chi connectivity index (χ1v) is 5.84. The van der Waals surface area contributed by atoms with Gasteiger partial charge in [-0.3, -0.25) is 4.79 Å². The maximum absolute atomic E-state index is 11.3. The highest BCUT2D eigenvalue weighted by molar-refractivity contribution is 5.19. The number of aryl methyl sites for hydroxylation is 2. The van der Waals surface area contributed by atoms with Gasteiger partial charge in [0.1, 0.15) is 0 Å². The van der Waals surface area contributed by atoms with Crippen LogP contribution in [0.15, 0.2) is 29.1 Å². The van der Waals surface area contributed by atoms with Crippen molar-refractivity contribution in [3.63, 3.8) is 0 Å². The highest BCUT2D eigenvalue weighted by atomic mass is 16.1. The Morgan fingerprint density at radius 3 is 2.47 bits per heavy atom. The molecule has 0 aromatic heterocycles. The van der Waals surface area contributed by atoms with Crippen LogP contribution in [0.4, 0.5) is 0 Å². The van der Waals surface area contributed by atoms with Crippen LogP contribution in [0.3, 0.4) is 0 Å². The van der Waals surface area contributed by atoms with Gasteiger partial charge < -0.3 is 0 Å². The lowest BCUT2D eigenvalue weighted by molar-refractivity contribution is 0.667. The van der Waals surface area contributed by atoms with E-state index < -0.39 is 0 Å². The van der Waals surface area contributed by atoms with Crippen LogP contribution in [-0.4, -0.2) is 0 Å². The summed E-state index contributed by atoms with van der Waals surface area (Å²) in [5, 5.41) is 0. The van der Waals surface area contributed by atoms with E-state index in [9.17, 15) is 4.79 Å². The van der Waals surface area contributed by atoms with Crippen LogP contribution in [0.2, 0.25) is 0 Å². The van der Waals surface area contributed by atoms with E-state index in [1.165, 1.54) is 31.2 Å². The molecule has 0 saturated carbocycles. The molecule has 0 spiro atoms. The average molecular weight is 204 g/mol. The van der Waals surface area contributed by atoms with Gasteiger partial charge in [0, 0.05) is 0 Å². The fourth-order valence-corrected chi connectivity index (χ4v) is 1.61. The second-order valence-electron chi connectivity index (χ2n) is 4.10. The smallest absolute Gasteiger partial charge is 0.181 e. The van der Waals surface area contributed by atoms with Crippen LogP contribution in [0.5, 0.6) is 0 Å². The highest BCUT2D eigenvalue weighted by Gasteiger charge is 1.94. The first-order valence-electron chi connectivity index (χ1n) is 5.84. The Hall–Kier alpha value is -1.11. The molecule has 0 aliphatic carbocycles. The Kier molecular flexibility index (Phi) is 5.09. The third-order valence-electron chi connectivity index (χ3n) is 2.70. The summed E-state index contributed by atoms with van der Waals surface area (Å²) in [7, 11) is 0. The van der Waals surface area contributed by atoms with Crippen LogP contribution >= 0.6 is 0 Å². The van der Waals surface area contributed by atoms with Gasteiger partial charge in [0.15, 0.2) is 5.43 Å².